The SMILES string of the molecule is CC(C=O)C1CCOC(C)(C)O1. The second kappa shape index (κ2) is 3.54. The van der Waals surface area contributed by atoms with Crippen LogP contribution in [0.3, 0.4) is 0 Å². The average molecular weight is 172 g/mol. The van der Waals surface area contributed by atoms with E-state index >= 15 is 0 Å². The summed E-state index contributed by atoms with van der Waals surface area (Å²) >= 11 is 0. The number of hydrogen-bond acceptors (Lipinski definition) is 3. The molecule has 12 heavy (non-hydrogen) atoms. The molecule has 0 spiro atoms. The minimum atomic E-state index is -0.528. The molecule has 1 fully saturated rings. The van der Waals surface area contributed by atoms with Crippen molar-refractivity contribution in [2.24, 2.45) is 5.92 Å². The van der Waals surface area contributed by atoms with Crippen LogP contribution in [0.4, 0.5) is 0 Å². The van der Waals surface area contributed by atoms with Crippen LogP contribution in [0.15, 0.2) is 0 Å². The highest BCUT2D eigenvalue weighted by atomic mass is 16.7. The normalized spacial score (nSPS) is 31.1. The highest BCUT2D eigenvalue weighted by molar-refractivity contribution is 5.53. The molecule has 0 aromatic heterocycles. The molecule has 1 heterocycles. The molecule has 2 atom stereocenters. The maximum absolute atomic E-state index is 10.5. The Labute approximate surface area is 73.0 Å². The van der Waals surface area contributed by atoms with Crippen molar-refractivity contribution in [1.29, 1.82) is 0 Å². The lowest BCUT2D eigenvalue weighted by Gasteiger charge is -2.37. The molecule has 3 heteroatoms. The number of aldehydes is 1. The molecule has 3 nitrogen and oxygen atoms in total. The van der Waals surface area contributed by atoms with E-state index in [4.69, 9.17) is 9.47 Å². The van der Waals surface area contributed by atoms with E-state index in [9.17, 15) is 4.79 Å². The molecule has 0 saturated carbocycles. The highest BCUT2D eigenvalue weighted by Gasteiger charge is 2.31. The van der Waals surface area contributed by atoms with Crippen molar-refractivity contribution in [3.8, 4) is 0 Å². The van der Waals surface area contributed by atoms with Gasteiger partial charge in [0, 0.05) is 5.92 Å². The Bertz CT molecular complexity index is 165. The Morgan fingerprint density at radius 2 is 2.25 bits per heavy atom. The van der Waals surface area contributed by atoms with Gasteiger partial charge in [-0.05, 0) is 20.3 Å². The van der Waals surface area contributed by atoms with E-state index in [1.165, 1.54) is 0 Å². The standard InChI is InChI=1S/C9H16O3/c1-7(6-10)8-4-5-11-9(2,3)12-8/h6-8H,4-5H2,1-3H3. The van der Waals surface area contributed by atoms with Crippen LogP contribution < -0.4 is 0 Å². The van der Waals surface area contributed by atoms with Crippen molar-refractivity contribution in [2.45, 2.75) is 39.1 Å². The van der Waals surface area contributed by atoms with Gasteiger partial charge in [-0.3, -0.25) is 0 Å². The summed E-state index contributed by atoms with van der Waals surface area (Å²) in [4.78, 5) is 10.5. The fourth-order valence-electron chi connectivity index (χ4n) is 1.34. The third kappa shape index (κ3) is 2.29. The lowest BCUT2D eigenvalue weighted by Crippen LogP contribution is -2.42. The minimum absolute atomic E-state index is 0.0197. The fourth-order valence-corrected chi connectivity index (χ4v) is 1.34. The third-order valence-corrected chi connectivity index (χ3v) is 2.09. The smallest absolute Gasteiger partial charge is 0.163 e. The van der Waals surface area contributed by atoms with E-state index in [2.05, 4.69) is 0 Å². The summed E-state index contributed by atoms with van der Waals surface area (Å²) in [5, 5.41) is 0. The molecule has 0 bridgehead atoms. The first-order chi connectivity index (χ1) is 5.55. The zero-order valence-electron chi connectivity index (χ0n) is 7.87. The Hall–Kier alpha value is -0.410. The lowest BCUT2D eigenvalue weighted by atomic mass is 10.0. The molecule has 0 radical (unpaired) electrons. The molecule has 0 amide bonds. The van der Waals surface area contributed by atoms with Crippen molar-refractivity contribution in [1.82, 2.24) is 0 Å². The molecule has 70 valence electrons. The maximum Gasteiger partial charge on any atom is 0.163 e. The van der Waals surface area contributed by atoms with Gasteiger partial charge in [0.15, 0.2) is 5.79 Å². The van der Waals surface area contributed by atoms with Crippen LogP contribution >= 0.6 is 0 Å². The predicted molar refractivity (Wildman–Crippen MR) is 44.7 cm³/mol. The van der Waals surface area contributed by atoms with Gasteiger partial charge < -0.3 is 14.3 Å². The summed E-state index contributed by atoms with van der Waals surface area (Å²) in [7, 11) is 0. The van der Waals surface area contributed by atoms with Crippen LogP contribution in [0.2, 0.25) is 0 Å². The van der Waals surface area contributed by atoms with Crippen LogP contribution in [0.25, 0.3) is 0 Å². The molecule has 0 N–H and O–H groups in total. The van der Waals surface area contributed by atoms with Crippen molar-refractivity contribution in [3.05, 3.63) is 0 Å². The molecule has 2 unspecified atom stereocenters. The lowest BCUT2D eigenvalue weighted by molar-refractivity contribution is -0.278. The van der Waals surface area contributed by atoms with E-state index in [1.54, 1.807) is 0 Å². The first-order valence-electron chi connectivity index (χ1n) is 4.32. The van der Waals surface area contributed by atoms with Gasteiger partial charge >= 0.3 is 0 Å². The van der Waals surface area contributed by atoms with E-state index in [0.717, 1.165) is 12.7 Å². The van der Waals surface area contributed by atoms with Crippen LogP contribution in [-0.2, 0) is 14.3 Å². The van der Waals surface area contributed by atoms with Crippen molar-refractivity contribution < 1.29 is 14.3 Å². The molecule has 1 aliphatic rings. The van der Waals surface area contributed by atoms with E-state index in [0.29, 0.717) is 6.61 Å². The monoisotopic (exact) mass is 172 g/mol. The van der Waals surface area contributed by atoms with Gasteiger partial charge in [0.2, 0.25) is 0 Å². The van der Waals surface area contributed by atoms with Crippen LogP contribution in [0.1, 0.15) is 27.2 Å². The van der Waals surface area contributed by atoms with Crippen LogP contribution in [0.5, 0.6) is 0 Å². The Morgan fingerprint density at radius 1 is 1.58 bits per heavy atom. The molecule has 1 rings (SSSR count). The summed E-state index contributed by atoms with van der Waals surface area (Å²) in [6.45, 7) is 6.29. The predicted octanol–water partition coefficient (Wildman–Crippen LogP) is 1.36. The highest BCUT2D eigenvalue weighted by Crippen LogP contribution is 2.25. The fraction of sp³-hybridized carbons (Fsp3) is 0.889. The molecular weight excluding hydrogens is 156 g/mol. The Balaban J connectivity index is 2.51. The second-order valence-electron chi connectivity index (χ2n) is 3.69. The van der Waals surface area contributed by atoms with E-state index in [1.807, 2.05) is 20.8 Å². The topological polar surface area (TPSA) is 35.5 Å². The first-order valence-corrected chi connectivity index (χ1v) is 4.32. The number of ether oxygens (including phenoxy) is 2. The summed E-state index contributed by atoms with van der Waals surface area (Å²) in [6, 6.07) is 0. The third-order valence-electron chi connectivity index (χ3n) is 2.09. The Kier molecular flexibility index (Phi) is 2.85. The largest absolute Gasteiger partial charge is 0.350 e. The molecule has 0 aromatic rings. The van der Waals surface area contributed by atoms with Crippen LogP contribution in [-0.4, -0.2) is 24.8 Å². The van der Waals surface area contributed by atoms with Crippen LogP contribution in [0, 0.1) is 5.92 Å². The zero-order chi connectivity index (χ0) is 9.19. The summed E-state index contributed by atoms with van der Waals surface area (Å²) in [5.41, 5.74) is 0. The minimum Gasteiger partial charge on any atom is -0.350 e. The Morgan fingerprint density at radius 3 is 2.75 bits per heavy atom. The molecule has 0 aromatic carbocycles. The van der Waals surface area contributed by atoms with Crippen molar-refractivity contribution in [3.63, 3.8) is 0 Å². The van der Waals surface area contributed by atoms with Gasteiger partial charge in [0.05, 0.1) is 12.7 Å². The summed E-state index contributed by atoms with van der Waals surface area (Å²) < 4.78 is 10.9. The first kappa shape index (κ1) is 9.68. The molecule has 1 saturated heterocycles. The van der Waals surface area contributed by atoms with Gasteiger partial charge in [0.1, 0.15) is 6.29 Å². The van der Waals surface area contributed by atoms with Crippen molar-refractivity contribution in [2.75, 3.05) is 6.61 Å². The average Bonchev–Trinajstić information content (AvgIpc) is 2.01. The molecule has 1 aliphatic heterocycles. The number of carbonyl (C=O) groups excluding carboxylic acids is 1. The summed E-state index contributed by atoms with van der Waals surface area (Å²) in [5.74, 6) is -0.562. The number of hydrogen-bond donors (Lipinski definition) is 0. The molecular formula is C9H16O3. The summed E-state index contributed by atoms with van der Waals surface area (Å²) in [6.07, 6.45) is 1.77. The van der Waals surface area contributed by atoms with Gasteiger partial charge in [-0.25, -0.2) is 0 Å². The quantitative estimate of drug-likeness (QED) is 0.590. The number of rotatable bonds is 2. The van der Waals surface area contributed by atoms with Gasteiger partial charge in [-0.1, -0.05) is 6.92 Å². The van der Waals surface area contributed by atoms with Gasteiger partial charge in [0.25, 0.3) is 0 Å². The second-order valence-corrected chi connectivity index (χ2v) is 3.69. The van der Waals surface area contributed by atoms with E-state index < -0.39 is 5.79 Å². The molecule has 0 aliphatic carbocycles. The van der Waals surface area contributed by atoms with Crippen molar-refractivity contribution >= 4 is 6.29 Å². The number of carbonyl (C=O) groups is 1. The van der Waals surface area contributed by atoms with Gasteiger partial charge in [-0.2, -0.15) is 0 Å². The zero-order valence-corrected chi connectivity index (χ0v) is 7.87. The van der Waals surface area contributed by atoms with Gasteiger partial charge in [-0.15, -0.1) is 0 Å². The van der Waals surface area contributed by atoms with E-state index in [-0.39, 0.29) is 12.0 Å². The maximum atomic E-state index is 10.5.